The lowest BCUT2D eigenvalue weighted by atomic mass is 9.89. The first-order valence-corrected chi connectivity index (χ1v) is 13.0. The van der Waals surface area contributed by atoms with Crippen LogP contribution < -0.4 is 15.1 Å². The first-order chi connectivity index (χ1) is 18.3. The van der Waals surface area contributed by atoms with Crippen molar-refractivity contribution in [3.05, 3.63) is 94.5 Å². The molecule has 3 aromatic rings. The van der Waals surface area contributed by atoms with Crippen LogP contribution in [0.3, 0.4) is 0 Å². The highest BCUT2D eigenvalue weighted by atomic mass is 35.5. The second-order valence-corrected chi connectivity index (χ2v) is 9.84. The van der Waals surface area contributed by atoms with Crippen molar-refractivity contribution in [3.8, 4) is 0 Å². The molecule has 0 aromatic heterocycles. The van der Waals surface area contributed by atoms with Crippen molar-refractivity contribution in [3.63, 3.8) is 0 Å². The van der Waals surface area contributed by atoms with Crippen molar-refractivity contribution in [1.82, 2.24) is 5.32 Å². The lowest BCUT2D eigenvalue weighted by molar-refractivity contribution is -0.140. The number of amides is 2. The number of nitrogens with one attached hydrogen (secondary N) is 1. The number of para-hydroxylation sites is 1. The van der Waals surface area contributed by atoms with Crippen molar-refractivity contribution in [2.24, 2.45) is 0 Å². The average molecular weight is 534 g/mol. The minimum Gasteiger partial charge on any atom is -0.469 e. The largest absolute Gasteiger partial charge is 0.469 e. The van der Waals surface area contributed by atoms with Crippen molar-refractivity contribution < 1.29 is 19.1 Å². The maximum atomic E-state index is 13.7. The first kappa shape index (κ1) is 27.4. The molecule has 1 N–H and O–H groups in total. The molecule has 0 aliphatic carbocycles. The van der Waals surface area contributed by atoms with Gasteiger partial charge in [0.15, 0.2) is 0 Å². The zero-order valence-corrected chi connectivity index (χ0v) is 22.6. The van der Waals surface area contributed by atoms with Gasteiger partial charge in [-0.2, -0.15) is 0 Å². The summed E-state index contributed by atoms with van der Waals surface area (Å²) < 4.78 is 4.65. The minimum atomic E-state index is -0.254. The molecule has 2 amide bonds. The Balaban J connectivity index is 1.55. The number of anilines is 2. The van der Waals surface area contributed by atoms with Crippen LogP contribution in [0.1, 0.15) is 54.2 Å². The quantitative estimate of drug-likeness (QED) is 0.304. The molecule has 0 bridgehead atoms. The number of hydrogen-bond donors (Lipinski definition) is 1. The number of carbonyl (C=O) groups excluding carboxylic acids is 3. The Labute approximate surface area is 228 Å². The molecule has 38 heavy (non-hydrogen) atoms. The number of halogens is 1. The van der Waals surface area contributed by atoms with Gasteiger partial charge >= 0.3 is 5.97 Å². The summed E-state index contributed by atoms with van der Waals surface area (Å²) in [6, 6.07) is 22.2. The maximum absolute atomic E-state index is 13.7. The lowest BCUT2D eigenvalue weighted by Crippen LogP contribution is -2.47. The van der Waals surface area contributed by atoms with E-state index in [1.165, 1.54) is 7.11 Å². The van der Waals surface area contributed by atoms with E-state index in [0.29, 0.717) is 36.5 Å². The van der Waals surface area contributed by atoms with E-state index < -0.39 is 0 Å². The fourth-order valence-electron chi connectivity index (χ4n) is 4.95. The van der Waals surface area contributed by atoms with E-state index in [2.05, 4.69) is 10.1 Å². The highest BCUT2D eigenvalue weighted by Gasteiger charge is 2.38. The van der Waals surface area contributed by atoms with Gasteiger partial charge in [0.05, 0.1) is 19.6 Å². The van der Waals surface area contributed by atoms with Gasteiger partial charge in [-0.25, -0.2) is 0 Å². The lowest BCUT2D eigenvalue weighted by Gasteiger charge is -2.43. The van der Waals surface area contributed by atoms with Crippen LogP contribution in [-0.4, -0.2) is 37.5 Å². The Morgan fingerprint density at radius 1 is 1.03 bits per heavy atom. The molecular weight excluding hydrogens is 502 g/mol. The molecule has 0 spiro atoms. The summed E-state index contributed by atoms with van der Waals surface area (Å²) in [5.74, 6) is -0.416. The molecule has 1 aliphatic rings. The van der Waals surface area contributed by atoms with Gasteiger partial charge in [0, 0.05) is 48.0 Å². The third-order valence-corrected chi connectivity index (χ3v) is 7.05. The average Bonchev–Trinajstić information content (AvgIpc) is 2.92. The van der Waals surface area contributed by atoms with Gasteiger partial charge in [0.1, 0.15) is 0 Å². The molecule has 3 aromatic carbocycles. The first-order valence-electron chi connectivity index (χ1n) is 12.6. The summed E-state index contributed by atoms with van der Waals surface area (Å²) in [5.41, 5.74) is 4.10. The monoisotopic (exact) mass is 533 g/mol. The summed E-state index contributed by atoms with van der Waals surface area (Å²) >= 11 is 6.09. The van der Waals surface area contributed by atoms with Crippen molar-refractivity contribution in [2.45, 2.75) is 45.3 Å². The Kier molecular flexibility index (Phi) is 8.81. The Hall–Kier alpha value is -3.68. The molecule has 0 saturated carbocycles. The van der Waals surface area contributed by atoms with Crippen molar-refractivity contribution in [2.75, 3.05) is 23.5 Å². The van der Waals surface area contributed by atoms with Crippen LogP contribution in [0.25, 0.3) is 0 Å². The second kappa shape index (κ2) is 12.2. The fraction of sp³-hybridized carbons (Fsp3) is 0.300. The predicted octanol–water partition coefficient (Wildman–Crippen LogP) is 5.53. The molecule has 198 valence electrons. The number of nitrogens with zero attached hydrogens (tertiary/aromatic N) is 2. The summed E-state index contributed by atoms with van der Waals surface area (Å²) in [7, 11) is 1.37. The van der Waals surface area contributed by atoms with Gasteiger partial charge in [-0.3, -0.25) is 14.4 Å². The Morgan fingerprint density at radius 2 is 1.71 bits per heavy atom. The van der Waals surface area contributed by atoms with Crippen LogP contribution in [0.2, 0.25) is 5.02 Å². The van der Waals surface area contributed by atoms with Gasteiger partial charge in [0.25, 0.3) is 5.91 Å². The van der Waals surface area contributed by atoms with Crippen LogP contribution >= 0.6 is 11.6 Å². The zero-order chi connectivity index (χ0) is 27.2. The van der Waals surface area contributed by atoms with E-state index >= 15 is 0 Å². The summed E-state index contributed by atoms with van der Waals surface area (Å²) in [6.45, 7) is 4.68. The Bertz CT molecular complexity index is 1290. The Morgan fingerprint density at radius 3 is 2.37 bits per heavy atom. The molecule has 8 heteroatoms. The van der Waals surface area contributed by atoms with E-state index in [0.717, 1.165) is 22.5 Å². The molecule has 0 radical (unpaired) electrons. The van der Waals surface area contributed by atoms with Crippen LogP contribution in [-0.2, 0) is 20.9 Å². The molecule has 4 rings (SSSR count). The van der Waals surface area contributed by atoms with Crippen LogP contribution in [0.5, 0.6) is 0 Å². The van der Waals surface area contributed by atoms with Gasteiger partial charge in [-0.1, -0.05) is 41.9 Å². The molecular formula is C30H32ClN3O4. The van der Waals surface area contributed by atoms with Gasteiger partial charge in [-0.05, 0) is 66.9 Å². The number of benzene rings is 3. The fourth-order valence-corrected chi connectivity index (χ4v) is 5.07. The van der Waals surface area contributed by atoms with E-state index in [1.807, 2.05) is 72.5 Å². The molecule has 7 nitrogen and oxygen atoms in total. The third kappa shape index (κ3) is 6.06. The molecule has 0 saturated heterocycles. The molecule has 1 aliphatic heterocycles. The van der Waals surface area contributed by atoms with E-state index in [9.17, 15) is 14.4 Å². The summed E-state index contributed by atoms with van der Waals surface area (Å²) in [4.78, 5) is 41.4. The zero-order valence-electron chi connectivity index (χ0n) is 21.8. The van der Waals surface area contributed by atoms with Gasteiger partial charge < -0.3 is 19.9 Å². The summed E-state index contributed by atoms with van der Waals surface area (Å²) in [6.07, 6.45) is 0.895. The number of methoxy groups -OCH3 is 1. The normalized spacial score (nSPS) is 16.5. The third-order valence-electron chi connectivity index (χ3n) is 6.80. The van der Waals surface area contributed by atoms with Crippen LogP contribution in [0, 0.1) is 0 Å². The highest BCUT2D eigenvalue weighted by molar-refractivity contribution is 6.30. The highest BCUT2D eigenvalue weighted by Crippen LogP contribution is 2.42. The number of fused-ring (bicyclic) bond motifs is 1. The summed E-state index contributed by atoms with van der Waals surface area (Å²) in [5, 5.41) is 3.81. The standard InChI is InChI=1S/C30H32ClN3O4/c1-20-18-28(34(21(2)35)25-14-12-24(31)13-15-25)26-6-4-5-7-27(26)33(20)30(37)23-10-8-22(9-11-23)19-32-17-16-29(36)38-3/h4-15,20,28,32H,16-19H2,1-3H3/t20-,28+/m0/s1. The van der Waals surface area contributed by atoms with Gasteiger partial charge in [0.2, 0.25) is 5.91 Å². The van der Waals surface area contributed by atoms with E-state index in [4.69, 9.17) is 11.6 Å². The SMILES string of the molecule is COC(=O)CCNCc1ccc(C(=O)N2c3ccccc3[C@H](N(C(C)=O)c3ccc(Cl)cc3)C[C@@H]2C)cc1. The maximum Gasteiger partial charge on any atom is 0.306 e. The number of carbonyl (C=O) groups is 3. The van der Waals surface area contributed by atoms with E-state index in [-0.39, 0.29) is 29.9 Å². The van der Waals surface area contributed by atoms with Gasteiger partial charge in [-0.15, -0.1) is 0 Å². The predicted molar refractivity (Wildman–Crippen MR) is 149 cm³/mol. The number of rotatable bonds is 8. The van der Waals surface area contributed by atoms with E-state index in [1.54, 1.807) is 24.0 Å². The number of hydrogen-bond acceptors (Lipinski definition) is 5. The number of esters is 1. The second-order valence-electron chi connectivity index (χ2n) is 9.40. The van der Waals surface area contributed by atoms with Crippen LogP contribution in [0.4, 0.5) is 11.4 Å². The molecule has 0 unspecified atom stereocenters. The van der Waals surface area contributed by atoms with Crippen LogP contribution in [0.15, 0.2) is 72.8 Å². The van der Waals surface area contributed by atoms with Crippen molar-refractivity contribution in [1.29, 1.82) is 0 Å². The number of ether oxygens (including phenoxy) is 1. The molecule has 1 heterocycles. The van der Waals surface area contributed by atoms with Crippen molar-refractivity contribution >= 4 is 40.8 Å². The minimum absolute atomic E-state index is 0.0742. The molecule has 2 atom stereocenters. The smallest absolute Gasteiger partial charge is 0.306 e. The molecule has 0 fully saturated rings. The topological polar surface area (TPSA) is 79.0 Å².